The monoisotopic (exact) mass is 349 g/mol. The van der Waals surface area contributed by atoms with Gasteiger partial charge >= 0.3 is 0 Å². The fourth-order valence-corrected chi connectivity index (χ4v) is 2.61. The van der Waals surface area contributed by atoms with E-state index in [1.165, 1.54) is 23.8 Å². The average molecular weight is 350 g/mol. The van der Waals surface area contributed by atoms with E-state index in [9.17, 15) is 9.18 Å². The molecule has 1 unspecified atom stereocenters. The first kappa shape index (κ1) is 15.7. The molecule has 2 nitrogen and oxygen atoms in total. The fraction of sp³-hybridized carbons (Fsp3) is 0.235. The number of rotatable bonds is 5. The zero-order valence-electron chi connectivity index (χ0n) is 11.8. The first-order chi connectivity index (χ1) is 10.1. The van der Waals surface area contributed by atoms with Gasteiger partial charge in [0.2, 0.25) is 0 Å². The van der Waals surface area contributed by atoms with Crippen molar-refractivity contribution in [3.63, 3.8) is 0 Å². The lowest BCUT2D eigenvalue weighted by atomic mass is 10.1. The molecule has 0 spiro atoms. The molecule has 0 aromatic heterocycles. The second kappa shape index (κ2) is 7.36. The third-order valence-corrected chi connectivity index (χ3v) is 3.92. The first-order valence-electron chi connectivity index (χ1n) is 6.86. The van der Waals surface area contributed by atoms with E-state index in [-0.39, 0.29) is 17.8 Å². The fourth-order valence-electron chi connectivity index (χ4n) is 2.08. The van der Waals surface area contributed by atoms with E-state index >= 15 is 0 Å². The third kappa shape index (κ3) is 4.67. The van der Waals surface area contributed by atoms with Crippen LogP contribution in [-0.4, -0.2) is 11.9 Å². The molecule has 1 N–H and O–H groups in total. The predicted molar refractivity (Wildman–Crippen MR) is 85.8 cm³/mol. The highest BCUT2D eigenvalue weighted by molar-refractivity contribution is 9.10. The van der Waals surface area contributed by atoms with Gasteiger partial charge in [-0.15, -0.1) is 0 Å². The highest BCUT2D eigenvalue weighted by Crippen LogP contribution is 2.18. The van der Waals surface area contributed by atoms with Crippen LogP contribution in [0.5, 0.6) is 0 Å². The minimum absolute atomic E-state index is 0.0506. The smallest absolute Gasteiger partial charge is 0.252 e. The Morgan fingerprint density at radius 2 is 1.95 bits per heavy atom. The van der Waals surface area contributed by atoms with Crippen LogP contribution in [0.3, 0.4) is 0 Å². The molecule has 0 bridgehead atoms. The summed E-state index contributed by atoms with van der Waals surface area (Å²) in [6.07, 6.45) is 1.77. The van der Waals surface area contributed by atoms with Gasteiger partial charge in [-0.1, -0.05) is 30.3 Å². The summed E-state index contributed by atoms with van der Waals surface area (Å²) in [6, 6.07) is 14.3. The summed E-state index contributed by atoms with van der Waals surface area (Å²) in [4.78, 5) is 12.1. The number of benzene rings is 2. The minimum atomic E-state index is -0.365. The summed E-state index contributed by atoms with van der Waals surface area (Å²) < 4.78 is 13.5. The quantitative estimate of drug-likeness (QED) is 0.854. The van der Waals surface area contributed by atoms with Gasteiger partial charge in [0.1, 0.15) is 5.82 Å². The van der Waals surface area contributed by atoms with Crippen LogP contribution in [0.2, 0.25) is 0 Å². The van der Waals surface area contributed by atoms with Gasteiger partial charge in [-0.2, -0.15) is 0 Å². The highest BCUT2D eigenvalue weighted by atomic mass is 79.9. The normalized spacial score (nSPS) is 12.0. The topological polar surface area (TPSA) is 29.1 Å². The number of carbonyl (C=O) groups is 1. The van der Waals surface area contributed by atoms with E-state index in [0.717, 1.165) is 12.8 Å². The lowest BCUT2D eigenvalue weighted by molar-refractivity contribution is 0.0937. The zero-order valence-corrected chi connectivity index (χ0v) is 13.4. The molecule has 0 radical (unpaired) electrons. The van der Waals surface area contributed by atoms with E-state index in [1.54, 1.807) is 0 Å². The molecular weight excluding hydrogens is 333 g/mol. The van der Waals surface area contributed by atoms with Crippen LogP contribution in [0.4, 0.5) is 4.39 Å². The van der Waals surface area contributed by atoms with Gasteiger partial charge in [0.25, 0.3) is 5.91 Å². The van der Waals surface area contributed by atoms with Gasteiger partial charge in [-0.25, -0.2) is 4.39 Å². The van der Waals surface area contributed by atoms with Gasteiger partial charge < -0.3 is 5.32 Å². The molecule has 0 saturated heterocycles. The summed E-state index contributed by atoms with van der Waals surface area (Å²) in [6.45, 7) is 1.97. The molecule has 0 saturated carbocycles. The van der Waals surface area contributed by atoms with Crippen molar-refractivity contribution in [2.75, 3.05) is 0 Å². The molecule has 1 amide bonds. The number of aryl methyl sites for hydroxylation is 1. The van der Waals surface area contributed by atoms with Crippen LogP contribution in [0, 0.1) is 5.82 Å². The Labute approximate surface area is 132 Å². The summed E-state index contributed by atoms with van der Waals surface area (Å²) in [5.74, 6) is -0.557. The molecule has 2 aromatic carbocycles. The Morgan fingerprint density at radius 3 is 2.62 bits per heavy atom. The van der Waals surface area contributed by atoms with E-state index in [4.69, 9.17) is 0 Å². The average Bonchev–Trinajstić information content (AvgIpc) is 2.46. The van der Waals surface area contributed by atoms with Gasteiger partial charge in [0, 0.05) is 10.5 Å². The predicted octanol–water partition coefficient (Wildman–Crippen LogP) is 4.34. The standard InChI is InChI=1S/C17H17BrFNO/c1-12(7-8-13-5-3-2-4-6-13)20-17(21)15-10-9-14(19)11-16(15)18/h2-6,9-12H,7-8H2,1H3,(H,20,21). The molecule has 21 heavy (non-hydrogen) atoms. The summed E-state index contributed by atoms with van der Waals surface area (Å²) in [7, 11) is 0. The molecule has 0 fully saturated rings. The molecule has 4 heteroatoms. The number of amides is 1. The van der Waals surface area contributed by atoms with Gasteiger partial charge in [-0.05, 0) is 59.5 Å². The Bertz CT molecular complexity index is 615. The molecule has 1 atom stereocenters. The molecule has 110 valence electrons. The Morgan fingerprint density at radius 1 is 1.24 bits per heavy atom. The SMILES string of the molecule is CC(CCc1ccccc1)NC(=O)c1ccc(F)cc1Br. The Balaban J connectivity index is 1.90. The van der Waals surface area contributed by atoms with Crippen molar-refractivity contribution in [3.8, 4) is 0 Å². The number of carbonyl (C=O) groups excluding carboxylic acids is 1. The highest BCUT2D eigenvalue weighted by Gasteiger charge is 2.13. The largest absolute Gasteiger partial charge is 0.350 e. The van der Waals surface area contributed by atoms with Crippen molar-refractivity contribution in [1.29, 1.82) is 0 Å². The van der Waals surface area contributed by atoms with Crippen LogP contribution in [0.25, 0.3) is 0 Å². The van der Waals surface area contributed by atoms with E-state index in [1.807, 2.05) is 25.1 Å². The molecule has 0 aliphatic carbocycles. The molecule has 0 heterocycles. The van der Waals surface area contributed by atoms with Crippen LogP contribution in [-0.2, 0) is 6.42 Å². The molecular formula is C17H17BrFNO. The lowest BCUT2D eigenvalue weighted by Gasteiger charge is -2.14. The van der Waals surface area contributed by atoms with E-state index < -0.39 is 0 Å². The third-order valence-electron chi connectivity index (χ3n) is 3.26. The Hall–Kier alpha value is -1.68. The van der Waals surface area contributed by atoms with Crippen molar-refractivity contribution in [2.45, 2.75) is 25.8 Å². The van der Waals surface area contributed by atoms with Crippen molar-refractivity contribution < 1.29 is 9.18 Å². The number of halogens is 2. The molecule has 2 aromatic rings. The zero-order chi connectivity index (χ0) is 15.2. The minimum Gasteiger partial charge on any atom is -0.350 e. The maximum atomic E-state index is 13.0. The van der Waals surface area contributed by atoms with Crippen LogP contribution >= 0.6 is 15.9 Å². The van der Waals surface area contributed by atoms with Crippen LogP contribution in [0.1, 0.15) is 29.3 Å². The second-order valence-corrected chi connectivity index (χ2v) is 5.88. The number of hydrogen-bond acceptors (Lipinski definition) is 1. The maximum absolute atomic E-state index is 13.0. The summed E-state index contributed by atoms with van der Waals surface area (Å²) >= 11 is 3.21. The van der Waals surface area contributed by atoms with Crippen LogP contribution in [0.15, 0.2) is 53.0 Å². The maximum Gasteiger partial charge on any atom is 0.252 e. The summed E-state index contributed by atoms with van der Waals surface area (Å²) in [5.41, 5.74) is 1.70. The molecule has 0 aliphatic heterocycles. The first-order valence-corrected chi connectivity index (χ1v) is 7.65. The molecule has 2 rings (SSSR count). The van der Waals surface area contributed by atoms with Crippen molar-refractivity contribution in [3.05, 3.63) is 69.9 Å². The lowest BCUT2D eigenvalue weighted by Crippen LogP contribution is -2.33. The van der Waals surface area contributed by atoms with Crippen molar-refractivity contribution in [1.82, 2.24) is 5.32 Å². The van der Waals surface area contributed by atoms with Crippen LogP contribution < -0.4 is 5.32 Å². The van der Waals surface area contributed by atoms with Gasteiger partial charge in [-0.3, -0.25) is 4.79 Å². The number of hydrogen-bond donors (Lipinski definition) is 1. The Kier molecular flexibility index (Phi) is 5.51. The van der Waals surface area contributed by atoms with Gasteiger partial charge in [0.15, 0.2) is 0 Å². The van der Waals surface area contributed by atoms with Crippen molar-refractivity contribution >= 4 is 21.8 Å². The molecule has 0 aliphatic rings. The van der Waals surface area contributed by atoms with Gasteiger partial charge in [0.05, 0.1) is 5.56 Å². The van der Waals surface area contributed by atoms with E-state index in [2.05, 4.69) is 33.4 Å². The second-order valence-electron chi connectivity index (χ2n) is 5.02. The number of nitrogens with one attached hydrogen (secondary N) is 1. The summed E-state index contributed by atoms with van der Waals surface area (Å²) in [5, 5.41) is 2.94. The van der Waals surface area contributed by atoms with E-state index in [0.29, 0.717) is 10.0 Å². The van der Waals surface area contributed by atoms with Crippen molar-refractivity contribution in [2.24, 2.45) is 0 Å².